The first-order chi connectivity index (χ1) is 12.9. The monoisotopic (exact) mass is 384 g/mol. The third-order valence-corrected chi connectivity index (χ3v) is 5.08. The van der Waals surface area contributed by atoms with Gasteiger partial charge in [-0.25, -0.2) is 9.37 Å². The highest BCUT2D eigenvalue weighted by molar-refractivity contribution is 7.14. The summed E-state index contributed by atoms with van der Waals surface area (Å²) in [6.07, 6.45) is 0. The van der Waals surface area contributed by atoms with Gasteiger partial charge in [0.1, 0.15) is 24.6 Å². The smallest absolute Gasteiger partial charge is 0.230 e. The standard InChI is InChI=1S/C21H22FN3OS/c1-15-5-4-6-20(11-15)25(16(2)26)21-23-19(14-27-21)13-24(3)12-17-7-9-18(22)10-8-17/h4-11,14H,12-13H2,1-3H3/p+1. The first-order valence-electron chi connectivity index (χ1n) is 8.80. The average molecular weight is 384 g/mol. The third-order valence-electron chi connectivity index (χ3n) is 4.21. The Bertz CT molecular complexity index is 923. The lowest BCUT2D eigenvalue weighted by Crippen LogP contribution is -3.06. The second-order valence-corrected chi connectivity index (χ2v) is 7.59. The van der Waals surface area contributed by atoms with Crippen LogP contribution in [0.25, 0.3) is 0 Å². The Labute approximate surface area is 162 Å². The van der Waals surface area contributed by atoms with Gasteiger partial charge < -0.3 is 4.90 Å². The van der Waals surface area contributed by atoms with Crippen LogP contribution in [0.4, 0.5) is 15.2 Å². The molecular weight excluding hydrogens is 361 g/mol. The number of carbonyl (C=O) groups excluding carboxylic acids is 1. The van der Waals surface area contributed by atoms with Gasteiger partial charge in [0.15, 0.2) is 5.13 Å². The third kappa shape index (κ3) is 4.99. The van der Waals surface area contributed by atoms with Gasteiger partial charge in [0, 0.05) is 17.9 Å². The number of anilines is 2. The summed E-state index contributed by atoms with van der Waals surface area (Å²) < 4.78 is 13.0. The van der Waals surface area contributed by atoms with Gasteiger partial charge in [0.05, 0.1) is 12.7 Å². The number of carbonyl (C=O) groups is 1. The zero-order valence-corrected chi connectivity index (χ0v) is 16.5. The maximum Gasteiger partial charge on any atom is 0.230 e. The van der Waals surface area contributed by atoms with Crippen LogP contribution in [0, 0.1) is 12.7 Å². The van der Waals surface area contributed by atoms with Crippen LogP contribution in [0.5, 0.6) is 0 Å². The van der Waals surface area contributed by atoms with Crippen molar-refractivity contribution in [2.45, 2.75) is 26.9 Å². The van der Waals surface area contributed by atoms with Crippen LogP contribution in [-0.4, -0.2) is 17.9 Å². The SMILES string of the molecule is CC(=O)N(c1cccc(C)c1)c1nc(C[NH+](C)Cc2ccc(F)cc2)cs1. The van der Waals surface area contributed by atoms with Gasteiger partial charge in [0.25, 0.3) is 0 Å². The fraction of sp³-hybridized carbons (Fsp3) is 0.238. The summed E-state index contributed by atoms with van der Waals surface area (Å²) in [5, 5.41) is 2.67. The lowest BCUT2D eigenvalue weighted by molar-refractivity contribution is -0.908. The molecule has 0 aliphatic carbocycles. The predicted octanol–water partition coefficient (Wildman–Crippen LogP) is 3.49. The zero-order chi connectivity index (χ0) is 19.4. The minimum absolute atomic E-state index is 0.0616. The largest absolute Gasteiger partial charge is 0.329 e. The molecular formula is C21H23FN3OS+. The molecule has 0 radical (unpaired) electrons. The van der Waals surface area contributed by atoms with Crippen LogP contribution in [-0.2, 0) is 17.9 Å². The average Bonchev–Trinajstić information content (AvgIpc) is 3.04. The molecule has 0 fully saturated rings. The molecule has 3 rings (SSSR count). The van der Waals surface area contributed by atoms with E-state index < -0.39 is 0 Å². The van der Waals surface area contributed by atoms with Gasteiger partial charge in [-0.15, -0.1) is 11.3 Å². The van der Waals surface area contributed by atoms with E-state index in [4.69, 9.17) is 0 Å². The molecule has 0 saturated heterocycles. The molecule has 3 aromatic rings. The van der Waals surface area contributed by atoms with E-state index in [9.17, 15) is 9.18 Å². The number of aryl methyl sites for hydroxylation is 1. The van der Waals surface area contributed by atoms with Crippen molar-refractivity contribution in [1.29, 1.82) is 0 Å². The highest BCUT2D eigenvalue weighted by atomic mass is 32.1. The topological polar surface area (TPSA) is 37.6 Å². The number of hydrogen-bond acceptors (Lipinski definition) is 3. The molecule has 0 aliphatic rings. The summed E-state index contributed by atoms with van der Waals surface area (Å²) in [5.74, 6) is -0.283. The number of amides is 1. The highest BCUT2D eigenvalue weighted by Crippen LogP contribution is 2.29. The number of rotatable bonds is 6. The number of nitrogens with zero attached hydrogens (tertiary/aromatic N) is 2. The molecule has 0 spiro atoms. The van der Waals surface area contributed by atoms with Crippen LogP contribution >= 0.6 is 11.3 Å². The Morgan fingerprint density at radius 2 is 1.93 bits per heavy atom. The van der Waals surface area contributed by atoms with Gasteiger partial charge in [-0.3, -0.25) is 9.69 Å². The molecule has 0 saturated carbocycles. The van der Waals surface area contributed by atoms with Crippen LogP contribution in [0.2, 0.25) is 0 Å². The van der Waals surface area contributed by atoms with E-state index in [0.717, 1.165) is 35.6 Å². The Balaban J connectivity index is 1.72. The fourth-order valence-corrected chi connectivity index (χ4v) is 3.88. The summed E-state index contributed by atoms with van der Waals surface area (Å²) >= 11 is 1.47. The highest BCUT2D eigenvalue weighted by Gasteiger charge is 2.19. The Morgan fingerprint density at radius 3 is 2.59 bits per heavy atom. The minimum atomic E-state index is -0.221. The summed E-state index contributed by atoms with van der Waals surface area (Å²) in [6, 6.07) is 14.4. The van der Waals surface area contributed by atoms with Crippen molar-refractivity contribution in [1.82, 2.24) is 4.98 Å². The van der Waals surface area contributed by atoms with Crippen molar-refractivity contribution in [3.05, 3.63) is 76.5 Å². The van der Waals surface area contributed by atoms with E-state index in [-0.39, 0.29) is 11.7 Å². The molecule has 0 bridgehead atoms. The van der Waals surface area contributed by atoms with Crippen molar-refractivity contribution in [2.24, 2.45) is 0 Å². The Hall–Kier alpha value is -2.57. The number of hydrogen-bond donors (Lipinski definition) is 1. The number of quaternary nitrogens is 1. The second kappa shape index (κ2) is 8.41. The fourth-order valence-electron chi connectivity index (χ4n) is 3.00. The molecule has 0 aliphatic heterocycles. The molecule has 4 nitrogen and oxygen atoms in total. The van der Waals surface area contributed by atoms with Gasteiger partial charge in [-0.2, -0.15) is 0 Å². The van der Waals surface area contributed by atoms with Crippen molar-refractivity contribution < 1.29 is 14.1 Å². The molecule has 6 heteroatoms. The number of benzene rings is 2. The Kier molecular flexibility index (Phi) is 5.98. The summed E-state index contributed by atoms with van der Waals surface area (Å²) in [4.78, 5) is 19.8. The second-order valence-electron chi connectivity index (χ2n) is 6.75. The first kappa shape index (κ1) is 19.2. The van der Waals surface area contributed by atoms with E-state index in [2.05, 4.69) is 12.0 Å². The first-order valence-corrected chi connectivity index (χ1v) is 9.68. The molecule has 140 valence electrons. The van der Waals surface area contributed by atoms with E-state index >= 15 is 0 Å². The maximum absolute atomic E-state index is 13.0. The van der Waals surface area contributed by atoms with E-state index in [1.807, 2.05) is 36.6 Å². The van der Waals surface area contributed by atoms with E-state index in [1.165, 1.54) is 28.4 Å². The van der Waals surface area contributed by atoms with Crippen LogP contribution in [0.3, 0.4) is 0 Å². The number of aromatic nitrogens is 1. The predicted molar refractivity (Wildman–Crippen MR) is 107 cm³/mol. The van der Waals surface area contributed by atoms with Crippen molar-refractivity contribution in [3.63, 3.8) is 0 Å². The van der Waals surface area contributed by atoms with Crippen molar-refractivity contribution >= 4 is 28.1 Å². The number of thiazole rings is 1. The minimum Gasteiger partial charge on any atom is -0.329 e. The molecule has 27 heavy (non-hydrogen) atoms. The molecule has 1 N–H and O–H groups in total. The molecule has 1 aromatic heterocycles. The number of halogens is 1. The van der Waals surface area contributed by atoms with Crippen LogP contribution in [0.1, 0.15) is 23.7 Å². The van der Waals surface area contributed by atoms with E-state index in [0.29, 0.717) is 5.13 Å². The van der Waals surface area contributed by atoms with E-state index in [1.54, 1.807) is 24.0 Å². The van der Waals surface area contributed by atoms with Gasteiger partial charge in [0.2, 0.25) is 5.91 Å². The summed E-state index contributed by atoms with van der Waals surface area (Å²) in [6.45, 7) is 5.06. The molecule has 2 aromatic carbocycles. The zero-order valence-electron chi connectivity index (χ0n) is 15.7. The molecule has 1 atom stereocenters. The van der Waals surface area contributed by atoms with Crippen molar-refractivity contribution in [2.75, 3.05) is 11.9 Å². The maximum atomic E-state index is 13.0. The quantitative estimate of drug-likeness (QED) is 0.706. The van der Waals surface area contributed by atoms with Gasteiger partial charge >= 0.3 is 0 Å². The summed E-state index contributed by atoms with van der Waals surface area (Å²) in [5.41, 5.74) is 3.94. The Morgan fingerprint density at radius 1 is 1.19 bits per heavy atom. The van der Waals surface area contributed by atoms with Crippen LogP contribution in [0.15, 0.2) is 53.9 Å². The normalized spacial score (nSPS) is 12.0. The molecule has 1 amide bonds. The molecule has 1 unspecified atom stereocenters. The lowest BCUT2D eigenvalue weighted by atomic mass is 10.2. The molecule has 1 heterocycles. The van der Waals surface area contributed by atoms with Gasteiger partial charge in [-0.05, 0) is 36.8 Å². The van der Waals surface area contributed by atoms with Crippen molar-refractivity contribution in [3.8, 4) is 0 Å². The van der Waals surface area contributed by atoms with Crippen LogP contribution < -0.4 is 9.80 Å². The van der Waals surface area contributed by atoms with Gasteiger partial charge in [-0.1, -0.05) is 24.3 Å². The summed E-state index contributed by atoms with van der Waals surface area (Å²) in [7, 11) is 2.08. The number of nitrogens with one attached hydrogen (secondary N) is 1. The lowest BCUT2D eigenvalue weighted by Gasteiger charge is -2.18.